The molecule has 1 aliphatic heterocycles. The summed E-state index contributed by atoms with van der Waals surface area (Å²) in [5.74, 6) is -0.0256. The molecule has 0 aliphatic carbocycles. The Balaban J connectivity index is 1.71. The number of halogens is 1. The van der Waals surface area contributed by atoms with Crippen molar-refractivity contribution in [3.05, 3.63) is 46.7 Å². The summed E-state index contributed by atoms with van der Waals surface area (Å²) in [4.78, 5) is 14.2. The van der Waals surface area contributed by atoms with Gasteiger partial charge in [-0.3, -0.25) is 4.79 Å². The van der Waals surface area contributed by atoms with Gasteiger partial charge in [-0.1, -0.05) is 28.9 Å². The number of benzene rings is 1. The average Bonchev–Trinajstić information content (AvgIpc) is 3.10. The van der Waals surface area contributed by atoms with Gasteiger partial charge < -0.3 is 4.90 Å². The van der Waals surface area contributed by atoms with Gasteiger partial charge in [0.05, 0.1) is 12.7 Å². The predicted molar refractivity (Wildman–Crippen MR) is 80.3 cm³/mol. The fourth-order valence-corrected chi connectivity index (χ4v) is 2.76. The summed E-state index contributed by atoms with van der Waals surface area (Å²) in [7, 11) is 0. The summed E-state index contributed by atoms with van der Waals surface area (Å²) < 4.78 is 1.68. The van der Waals surface area contributed by atoms with E-state index < -0.39 is 0 Å². The Labute approximate surface area is 128 Å². The maximum Gasteiger partial charge on any atom is 0.276 e. The number of rotatable bonds is 3. The molecule has 1 aromatic carbocycles. The Morgan fingerprint density at radius 2 is 2.14 bits per heavy atom. The average molecular weight is 305 g/mol. The quantitative estimate of drug-likeness (QED) is 0.876. The van der Waals surface area contributed by atoms with Crippen LogP contribution in [0.2, 0.25) is 5.02 Å². The molecule has 2 aromatic rings. The number of carbonyl (C=O) groups excluding carboxylic acids is 1. The van der Waals surface area contributed by atoms with E-state index in [1.807, 2.05) is 29.2 Å². The molecule has 1 fully saturated rings. The van der Waals surface area contributed by atoms with Crippen LogP contribution in [0.5, 0.6) is 0 Å². The molecule has 1 amide bonds. The molecule has 2 heterocycles. The molecular weight excluding hydrogens is 288 g/mol. The molecule has 0 spiro atoms. The zero-order chi connectivity index (χ0) is 14.8. The van der Waals surface area contributed by atoms with Crippen LogP contribution in [-0.2, 0) is 6.54 Å². The molecule has 0 unspecified atom stereocenters. The highest BCUT2D eigenvalue weighted by molar-refractivity contribution is 6.30. The van der Waals surface area contributed by atoms with Crippen molar-refractivity contribution < 1.29 is 4.79 Å². The van der Waals surface area contributed by atoms with Crippen molar-refractivity contribution in [1.82, 2.24) is 19.9 Å². The van der Waals surface area contributed by atoms with Crippen molar-refractivity contribution in [2.45, 2.75) is 32.4 Å². The first kappa shape index (κ1) is 14.1. The second kappa shape index (κ2) is 5.85. The van der Waals surface area contributed by atoms with Gasteiger partial charge in [-0.25, -0.2) is 4.68 Å². The number of aromatic nitrogens is 3. The number of hydrogen-bond acceptors (Lipinski definition) is 3. The second-order valence-corrected chi connectivity index (χ2v) is 5.85. The number of hydrogen-bond donors (Lipinski definition) is 0. The summed E-state index contributed by atoms with van der Waals surface area (Å²) >= 11 is 5.86. The molecule has 1 aromatic heterocycles. The first-order valence-corrected chi connectivity index (χ1v) is 7.47. The van der Waals surface area contributed by atoms with Gasteiger partial charge >= 0.3 is 0 Å². The zero-order valence-corrected chi connectivity index (χ0v) is 12.6. The monoisotopic (exact) mass is 304 g/mol. The fourth-order valence-electron chi connectivity index (χ4n) is 2.63. The SMILES string of the molecule is C[C@@H]1CCCN1C(=O)c1cn(Cc2ccc(Cl)cc2)nn1. The third kappa shape index (κ3) is 3.08. The highest BCUT2D eigenvalue weighted by atomic mass is 35.5. The van der Waals surface area contributed by atoms with E-state index in [0.717, 1.165) is 24.9 Å². The largest absolute Gasteiger partial charge is 0.334 e. The van der Waals surface area contributed by atoms with E-state index >= 15 is 0 Å². The van der Waals surface area contributed by atoms with Crippen molar-refractivity contribution in [3.8, 4) is 0 Å². The lowest BCUT2D eigenvalue weighted by Crippen LogP contribution is -2.33. The minimum atomic E-state index is -0.0256. The number of carbonyl (C=O) groups is 1. The molecule has 1 saturated heterocycles. The molecule has 110 valence electrons. The van der Waals surface area contributed by atoms with Gasteiger partial charge in [-0.05, 0) is 37.5 Å². The van der Waals surface area contributed by atoms with Crippen LogP contribution in [0, 0.1) is 0 Å². The second-order valence-electron chi connectivity index (χ2n) is 5.42. The summed E-state index contributed by atoms with van der Waals surface area (Å²) in [6, 6.07) is 7.85. The van der Waals surface area contributed by atoms with E-state index in [1.165, 1.54) is 0 Å². The molecule has 5 nitrogen and oxygen atoms in total. The molecule has 0 saturated carbocycles. The first-order chi connectivity index (χ1) is 10.1. The molecule has 3 rings (SSSR count). The van der Waals surface area contributed by atoms with Crippen molar-refractivity contribution in [1.29, 1.82) is 0 Å². The highest BCUT2D eigenvalue weighted by Crippen LogP contribution is 2.18. The van der Waals surface area contributed by atoms with Crippen LogP contribution in [0.25, 0.3) is 0 Å². The minimum Gasteiger partial charge on any atom is -0.334 e. The Bertz CT molecular complexity index is 637. The number of likely N-dealkylation sites (tertiary alicyclic amines) is 1. The van der Waals surface area contributed by atoms with Gasteiger partial charge in [0, 0.05) is 17.6 Å². The minimum absolute atomic E-state index is 0.0256. The van der Waals surface area contributed by atoms with E-state index in [2.05, 4.69) is 17.2 Å². The molecule has 0 bridgehead atoms. The van der Waals surface area contributed by atoms with E-state index in [-0.39, 0.29) is 5.91 Å². The maximum absolute atomic E-state index is 12.4. The molecule has 0 radical (unpaired) electrons. The lowest BCUT2D eigenvalue weighted by Gasteiger charge is -2.19. The lowest BCUT2D eigenvalue weighted by atomic mass is 10.2. The Morgan fingerprint density at radius 3 is 2.81 bits per heavy atom. The van der Waals surface area contributed by atoms with Crippen molar-refractivity contribution in [2.24, 2.45) is 0 Å². The fraction of sp³-hybridized carbons (Fsp3) is 0.400. The smallest absolute Gasteiger partial charge is 0.276 e. The normalized spacial score (nSPS) is 18.2. The molecule has 1 atom stereocenters. The van der Waals surface area contributed by atoms with Gasteiger partial charge in [-0.15, -0.1) is 5.10 Å². The van der Waals surface area contributed by atoms with Gasteiger partial charge in [0.25, 0.3) is 5.91 Å². The number of nitrogens with zero attached hydrogens (tertiary/aromatic N) is 4. The van der Waals surface area contributed by atoms with Gasteiger partial charge in [0.15, 0.2) is 5.69 Å². The predicted octanol–water partition coefficient (Wildman–Crippen LogP) is 2.60. The van der Waals surface area contributed by atoms with E-state index in [1.54, 1.807) is 10.9 Å². The Hall–Kier alpha value is -1.88. The van der Waals surface area contributed by atoms with E-state index in [4.69, 9.17) is 11.6 Å². The molecule has 6 heteroatoms. The van der Waals surface area contributed by atoms with Crippen LogP contribution in [0.15, 0.2) is 30.5 Å². The molecule has 1 aliphatic rings. The van der Waals surface area contributed by atoms with Gasteiger partial charge in [0.1, 0.15) is 0 Å². The zero-order valence-electron chi connectivity index (χ0n) is 11.9. The van der Waals surface area contributed by atoms with Crippen LogP contribution in [0.4, 0.5) is 0 Å². The third-order valence-corrected chi connectivity index (χ3v) is 4.08. The Morgan fingerprint density at radius 1 is 1.38 bits per heavy atom. The van der Waals surface area contributed by atoms with Crippen molar-refractivity contribution in [3.63, 3.8) is 0 Å². The summed E-state index contributed by atoms with van der Waals surface area (Å²) in [5.41, 5.74) is 1.48. The van der Waals surface area contributed by atoms with Gasteiger partial charge in [-0.2, -0.15) is 0 Å². The van der Waals surface area contributed by atoms with Crippen molar-refractivity contribution >= 4 is 17.5 Å². The highest BCUT2D eigenvalue weighted by Gasteiger charge is 2.27. The first-order valence-electron chi connectivity index (χ1n) is 7.09. The summed E-state index contributed by atoms with van der Waals surface area (Å²) in [5, 5.41) is 8.75. The van der Waals surface area contributed by atoms with E-state index in [9.17, 15) is 4.79 Å². The van der Waals surface area contributed by atoms with Crippen LogP contribution >= 0.6 is 11.6 Å². The Kier molecular flexibility index (Phi) is 3.92. The van der Waals surface area contributed by atoms with Crippen molar-refractivity contribution in [2.75, 3.05) is 6.54 Å². The lowest BCUT2D eigenvalue weighted by molar-refractivity contribution is 0.0741. The third-order valence-electron chi connectivity index (χ3n) is 3.83. The van der Waals surface area contributed by atoms with Gasteiger partial charge in [0.2, 0.25) is 0 Å². The van der Waals surface area contributed by atoms with Crippen LogP contribution in [0.1, 0.15) is 35.8 Å². The summed E-state index contributed by atoms with van der Waals surface area (Å²) in [6.07, 6.45) is 3.83. The topological polar surface area (TPSA) is 51.0 Å². The maximum atomic E-state index is 12.4. The molecule has 21 heavy (non-hydrogen) atoms. The van der Waals surface area contributed by atoms with E-state index in [0.29, 0.717) is 23.3 Å². The van der Waals surface area contributed by atoms with Crippen LogP contribution < -0.4 is 0 Å². The standard InChI is InChI=1S/C15H17ClN4O/c1-11-3-2-8-20(11)15(21)14-10-19(18-17-14)9-12-4-6-13(16)7-5-12/h4-7,10-11H,2-3,8-9H2,1H3/t11-/m1/s1. The molecule has 0 N–H and O–H groups in total. The van der Waals surface area contributed by atoms with Crippen LogP contribution in [0.3, 0.4) is 0 Å². The number of amides is 1. The molecular formula is C15H17ClN4O. The summed E-state index contributed by atoms with van der Waals surface area (Å²) in [6.45, 7) is 3.46. The van der Waals surface area contributed by atoms with Crippen LogP contribution in [-0.4, -0.2) is 38.4 Å².